The van der Waals surface area contributed by atoms with Crippen LogP contribution in [0.3, 0.4) is 0 Å². The van der Waals surface area contributed by atoms with Gasteiger partial charge in [0, 0.05) is 12.3 Å². The van der Waals surface area contributed by atoms with E-state index >= 15 is 0 Å². The standard InChI is InChI=1S/C10H18O/c1-6-5-10(11)9(4)8(3)7(6)2/h6-9H,5H2,1-4H3/t6?,7-,8+,9-/m1/s1. The highest BCUT2D eigenvalue weighted by atomic mass is 16.1. The summed E-state index contributed by atoms with van der Waals surface area (Å²) >= 11 is 0. The molecule has 1 unspecified atom stereocenters. The Kier molecular flexibility index (Phi) is 2.36. The third kappa shape index (κ3) is 1.47. The summed E-state index contributed by atoms with van der Waals surface area (Å²) in [5.74, 6) is 2.63. The lowest BCUT2D eigenvalue weighted by molar-refractivity contribution is -0.129. The zero-order valence-electron chi connectivity index (χ0n) is 7.92. The largest absolute Gasteiger partial charge is 0.299 e. The molecule has 0 saturated heterocycles. The van der Waals surface area contributed by atoms with Gasteiger partial charge >= 0.3 is 0 Å². The molecule has 0 aromatic rings. The molecule has 1 heteroatoms. The molecule has 0 amide bonds. The minimum atomic E-state index is 0.293. The molecule has 0 bridgehead atoms. The fourth-order valence-corrected chi connectivity index (χ4v) is 1.96. The molecule has 0 heterocycles. The van der Waals surface area contributed by atoms with E-state index in [1.807, 2.05) is 0 Å². The molecule has 0 aliphatic heterocycles. The van der Waals surface area contributed by atoms with Gasteiger partial charge in [-0.15, -0.1) is 0 Å². The first-order valence-electron chi connectivity index (χ1n) is 4.56. The normalized spacial score (nSPS) is 46.0. The smallest absolute Gasteiger partial charge is 0.136 e. The van der Waals surface area contributed by atoms with Gasteiger partial charge in [0.2, 0.25) is 0 Å². The van der Waals surface area contributed by atoms with E-state index in [4.69, 9.17) is 0 Å². The van der Waals surface area contributed by atoms with Crippen LogP contribution in [0.1, 0.15) is 34.1 Å². The van der Waals surface area contributed by atoms with Crippen LogP contribution < -0.4 is 0 Å². The fourth-order valence-electron chi connectivity index (χ4n) is 1.96. The van der Waals surface area contributed by atoms with E-state index in [9.17, 15) is 4.79 Å². The topological polar surface area (TPSA) is 17.1 Å². The van der Waals surface area contributed by atoms with Crippen molar-refractivity contribution < 1.29 is 4.79 Å². The summed E-state index contributed by atoms with van der Waals surface area (Å²) in [5.41, 5.74) is 0. The van der Waals surface area contributed by atoms with Crippen LogP contribution in [0.2, 0.25) is 0 Å². The Morgan fingerprint density at radius 1 is 1.09 bits per heavy atom. The van der Waals surface area contributed by atoms with Crippen LogP contribution in [0, 0.1) is 23.7 Å². The molecule has 1 nitrogen and oxygen atoms in total. The molecule has 0 N–H and O–H groups in total. The van der Waals surface area contributed by atoms with E-state index in [0.29, 0.717) is 29.5 Å². The Hall–Kier alpha value is -0.330. The van der Waals surface area contributed by atoms with Crippen molar-refractivity contribution in [2.75, 3.05) is 0 Å². The lowest BCUT2D eigenvalue weighted by Gasteiger charge is -2.35. The van der Waals surface area contributed by atoms with Crippen molar-refractivity contribution in [3.05, 3.63) is 0 Å². The highest BCUT2D eigenvalue weighted by molar-refractivity contribution is 5.82. The number of hydrogen-bond acceptors (Lipinski definition) is 1. The lowest BCUT2D eigenvalue weighted by Crippen LogP contribution is -2.35. The molecule has 1 rings (SSSR count). The average molecular weight is 154 g/mol. The van der Waals surface area contributed by atoms with Gasteiger partial charge in [-0.25, -0.2) is 0 Å². The van der Waals surface area contributed by atoms with Gasteiger partial charge < -0.3 is 0 Å². The highest BCUT2D eigenvalue weighted by Crippen LogP contribution is 2.35. The van der Waals surface area contributed by atoms with Gasteiger partial charge in [-0.05, 0) is 17.8 Å². The highest BCUT2D eigenvalue weighted by Gasteiger charge is 2.34. The van der Waals surface area contributed by atoms with Crippen molar-refractivity contribution in [1.29, 1.82) is 0 Å². The van der Waals surface area contributed by atoms with E-state index in [-0.39, 0.29) is 0 Å². The second-order valence-corrected chi connectivity index (χ2v) is 4.15. The average Bonchev–Trinajstić information content (AvgIpc) is 1.97. The Bertz CT molecular complexity index is 162. The van der Waals surface area contributed by atoms with Crippen molar-refractivity contribution in [2.24, 2.45) is 23.7 Å². The quantitative estimate of drug-likeness (QED) is 0.524. The molecule has 0 aromatic carbocycles. The predicted octanol–water partition coefficient (Wildman–Crippen LogP) is 2.50. The van der Waals surface area contributed by atoms with E-state index in [1.165, 1.54) is 0 Å². The molecule has 0 spiro atoms. The number of hydrogen-bond donors (Lipinski definition) is 0. The van der Waals surface area contributed by atoms with Crippen molar-refractivity contribution in [3.8, 4) is 0 Å². The van der Waals surface area contributed by atoms with Crippen LogP contribution in [-0.2, 0) is 4.79 Å². The summed E-state index contributed by atoms with van der Waals surface area (Å²) < 4.78 is 0. The zero-order valence-corrected chi connectivity index (χ0v) is 7.92. The Morgan fingerprint density at radius 3 is 2.18 bits per heavy atom. The van der Waals surface area contributed by atoms with Gasteiger partial charge in [-0.1, -0.05) is 27.7 Å². The summed E-state index contributed by atoms with van der Waals surface area (Å²) in [6.07, 6.45) is 0.798. The van der Waals surface area contributed by atoms with Crippen molar-refractivity contribution in [2.45, 2.75) is 34.1 Å². The van der Waals surface area contributed by atoms with Crippen molar-refractivity contribution >= 4 is 5.78 Å². The summed E-state index contributed by atoms with van der Waals surface area (Å²) in [7, 11) is 0. The summed E-state index contributed by atoms with van der Waals surface area (Å²) in [6.45, 7) is 8.71. The van der Waals surface area contributed by atoms with Crippen LogP contribution >= 0.6 is 0 Å². The monoisotopic (exact) mass is 154 g/mol. The van der Waals surface area contributed by atoms with Gasteiger partial charge in [0.05, 0.1) is 0 Å². The Labute approximate surface area is 69.2 Å². The van der Waals surface area contributed by atoms with Crippen LogP contribution in [0.15, 0.2) is 0 Å². The Morgan fingerprint density at radius 2 is 1.64 bits per heavy atom. The SMILES string of the molecule is CC1CC(=O)[C@H](C)[C@@H](C)[C@@H]1C. The molecule has 64 valence electrons. The summed E-state index contributed by atoms with van der Waals surface area (Å²) in [6, 6.07) is 0. The van der Waals surface area contributed by atoms with Gasteiger partial charge in [0.25, 0.3) is 0 Å². The molecule has 1 fully saturated rings. The Balaban J connectivity index is 2.70. The van der Waals surface area contributed by atoms with Crippen LogP contribution in [0.5, 0.6) is 0 Å². The summed E-state index contributed by atoms with van der Waals surface area (Å²) in [4.78, 5) is 11.4. The van der Waals surface area contributed by atoms with Crippen LogP contribution in [-0.4, -0.2) is 5.78 Å². The lowest BCUT2D eigenvalue weighted by atomic mass is 9.69. The van der Waals surface area contributed by atoms with Gasteiger partial charge in [0.15, 0.2) is 0 Å². The molecular formula is C10H18O. The van der Waals surface area contributed by atoms with Crippen molar-refractivity contribution in [3.63, 3.8) is 0 Å². The second kappa shape index (κ2) is 2.96. The van der Waals surface area contributed by atoms with Gasteiger partial charge in [0.1, 0.15) is 5.78 Å². The zero-order chi connectivity index (χ0) is 8.59. The maximum absolute atomic E-state index is 11.4. The molecule has 1 aliphatic carbocycles. The maximum Gasteiger partial charge on any atom is 0.136 e. The number of carbonyl (C=O) groups is 1. The molecule has 0 radical (unpaired) electrons. The number of ketones is 1. The first-order valence-corrected chi connectivity index (χ1v) is 4.56. The molecular weight excluding hydrogens is 136 g/mol. The second-order valence-electron chi connectivity index (χ2n) is 4.15. The minimum absolute atomic E-state index is 0.293. The predicted molar refractivity (Wildman–Crippen MR) is 46.3 cm³/mol. The third-order valence-electron chi connectivity index (χ3n) is 3.55. The van der Waals surface area contributed by atoms with E-state index in [2.05, 4.69) is 27.7 Å². The van der Waals surface area contributed by atoms with E-state index in [1.54, 1.807) is 0 Å². The maximum atomic E-state index is 11.4. The number of rotatable bonds is 0. The minimum Gasteiger partial charge on any atom is -0.299 e. The van der Waals surface area contributed by atoms with E-state index in [0.717, 1.165) is 6.42 Å². The molecule has 1 aliphatic rings. The molecule has 4 atom stereocenters. The summed E-state index contributed by atoms with van der Waals surface area (Å²) in [5, 5.41) is 0. The first kappa shape index (κ1) is 8.76. The first-order chi connectivity index (χ1) is 5.04. The van der Waals surface area contributed by atoms with E-state index < -0.39 is 0 Å². The third-order valence-corrected chi connectivity index (χ3v) is 3.55. The van der Waals surface area contributed by atoms with Gasteiger partial charge in [-0.3, -0.25) is 4.79 Å². The van der Waals surface area contributed by atoms with Crippen LogP contribution in [0.25, 0.3) is 0 Å². The molecule has 1 saturated carbocycles. The number of Topliss-reactive ketones (excluding diaryl/α,β-unsaturated/α-hetero) is 1. The molecule has 0 aromatic heterocycles. The molecule has 11 heavy (non-hydrogen) atoms. The fraction of sp³-hybridized carbons (Fsp3) is 0.900. The van der Waals surface area contributed by atoms with Crippen LogP contribution in [0.4, 0.5) is 0 Å². The van der Waals surface area contributed by atoms with Gasteiger partial charge in [-0.2, -0.15) is 0 Å². The van der Waals surface area contributed by atoms with Crippen molar-refractivity contribution in [1.82, 2.24) is 0 Å². The number of carbonyl (C=O) groups excluding carboxylic acids is 1.